The molecule has 30 heavy (non-hydrogen) atoms. The van der Waals surface area contributed by atoms with Gasteiger partial charge in [-0.1, -0.05) is 0 Å². The molecule has 0 saturated carbocycles. The first-order valence-electron chi connectivity index (χ1n) is 8.60. The summed E-state index contributed by atoms with van der Waals surface area (Å²) in [7, 11) is -4.02. The van der Waals surface area contributed by atoms with Crippen molar-refractivity contribution >= 4 is 33.6 Å². The predicted octanol–water partition coefficient (Wildman–Crippen LogP) is 0.390. The van der Waals surface area contributed by atoms with Crippen LogP contribution in [-0.4, -0.2) is 42.5 Å². The van der Waals surface area contributed by atoms with Crippen molar-refractivity contribution in [3.8, 4) is 17.7 Å². The van der Waals surface area contributed by atoms with E-state index in [0.29, 0.717) is 15.6 Å². The molecule has 3 heterocycles. The Hall–Kier alpha value is -3.98. The van der Waals surface area contributed by atoms with E-state index in [1.54, 1.807) is 24.3 Å². The number of amides is 4. The number of carbonyl (C=O) groups is 3. The van der Waals surface area contributed by atoms with E-state index in [4.69, 9.17) is 10.00 Å². The Labute approximate surface area is 170 Å². The van der Waals surface area contributed by atoms with Crippen LogP contribution in [0.5, 0.6) is 11.6 Å². The number of nitrogens with zero attached hydrogens (tertiary/aromatic N) is 3. The molecule has 2 aromatic rings. The monoisotopic (exact) mass is 427 g/mol. The summed E-state index contributed by atoms with van der Waals surface area (Å²) in [5, 5.41) is 12.7. The number of ether oxygens (including phenoxy) is 1. The number of benzene rings is 1. The number of barbiturate groups is 1. The van der Waals surface area contributed by atoms with Gasteiger partial charge in [-0.2, -0.15) is 5.26 Å². The molecule has 0 unspecified atom stereocenters. The third kappa shape index (κ3) is 3.01. The number of rotatable bonds is 3. The highest BCUT2D eigenvalue weighted by Crippen LogP contribution is 2.38. The first-order valence-corrected chi connectivity index (χ1v) is 10.2. The fourth-order valence-corrected chi connectivity index (χ4v) is 5.22. The molecule has 1 aromatic heterocycles. The molecule has 152 valence electrons. The van der Waals surface area contributed by atoms with Gasteiger partial charge in [0.15, 0.2) is 0 Å². The van der Waals surface area contributed by atoms with Gasteiger partial charge in [0.1, 0.15) is 5.75 Å². The number of aromatic nitrogens is 1. The number of anilines is 1. The highest BCUT2D eigenvalue weighted by molar-refractivity contribution is 7.93. The number of sulfonamides is 1. The fourth-order valence-electron chi connectivity index (χ4n) is 3.32. The molecular formula is C18H13N5O6S. The largest absolute Gasteiger partial charge is 0.439 e. The average Bonchev–Trinajstić information content (AvgIpc) is 3.00. The minimum atomic E-state index is -4.02. The summed E-state index contributed by atoms with van der Waals surface area (Å²) in [5.74, 6) is -1.96. The molecule has 1 aromatic carbocycles. The molecule has 0 bridgehead atoms. The van der Waals surface area contributed by atoms with Gasteiger partial charge in [-0.15, -0.1) is 0 Å². The summed E-state index contributed by atoms with van der Waals surface area (Å²) in [5.41, 5.74) is -1.68. The zero-order valence-electron chi connectivity index (χ0n) is 15.2. The van der Waals surface area contributed by atoms with Crippen molar-refractivity contribution in [1.29, 1.82) is 5.26 Å². The van der Waals surface area contributed by atoms with Crippen molar-refractivity contribution in [2.75, 3.05) is 10.1 Å². The average molecular weight is 427 g/mol. The number of urea groups is 1. The third-order valence-electron chi connectivity index (χ3n) is 4.71. The Morgan fingerprint density at radius 2 is 1.73 bits per heavy atom. The van der Waals surface area contributed by atoms with Crippen molar-refractivity contribution in [3.05, 3.63) is 48.2 Å². The van der Waals surface area contributed by atoms with Crippen molar-refractivity contribution < 1.29 is 27.5 Å². The van der Waals surface area contributed by atoms with Crippen LogP contribution in [0.15, 0.2) is 42.6 Å². The Morgan fingerprint density at radius 3 is 2.30 bits per heavy atom. The van der Waals surface area contributed by atoms with Crippen LogP contribution >= 0.6 is 0 Å². The molecule has 0 atom stereocenters. The Balaban J connectivity index is 1.66. The number of carbonyl (C=O) groups excluding carboxylic acids is 3. The maximum absolute atomic E-state index is 12.6. The number of hydrogen-bond donors (Lipinski definition) is 2. The second-order valence-electron chi connectivity index (χ2n) is 6.52. The van der Waals surface area contributed by atoms with Crippen LogP contribution in [0.4, 0.5) is 10.5 Å². The molecule has 0 radical (unpaired) electrons. The molecule has 2 aliphatic rings. The smallest absolute Gasteiger partial charge is 0.328 e. The normalized spacial score (nSPS) is 19.2. The molecule has 2 aliphatic heterocycles. The quantitative estimate of drug-likeness (QED) is 0.666. The van der Waals surface area contributed by atoms with E-state index in [0.717, 1.165) is 6.20 Å². The molecular weight excluding hydrogens is 414 g/mol. The van der Waals surface area contributed by atoms with Gasteiger partial charge >= 0.3 is 6.03 Å². The van der Waals surface area contributed by atoms with Gasteiger partial charge in [-0.25, -0.2) is 22.5 Å². The topological polar surface area (TPSA) is 159 Å². The van der Waals surface area contributed by atoms with Gasteiger partial charge in [0.05, 0.1) is 29.3 Å². The van der Waals surface area contributed by atoms with Crippen molar-refractivity contribution in [2.24, 2.45) is 0 Å². The molecule has 4 rings (SSSR count). The molecule has 2 saturated heterocycles. The lowest BCUT2D eigenvalue weighted by atomic mass is 9.92. The number of hydrogen-bond acceptors (Lipinski definition) is 8. The summed E-state index contributed by atoms with van der Waals surface area (Å²) in [6.07, 6.45) is 0.838. The molecule has 2 fully saturated rings. The lowest BCUT2D eigenvalue weighted by molar-refractivity contribution is -0.137. The summed E-state index contributed by atoms with van der Waals surface area (Å²) >= 11 is 0. The Kier molecular flexibility index (Phi) is 4.39. The van der Waals surface area contributed by atoms with Crippen LogP contribution in [0.2, 0.25) is 0 Å². The van der Waals surface area contributed by atoms with Gasteiger partial charge < -0.3 is 4.74 Å². The van der Waals surface area contributed by atoms with Crippen LogP contribution < -0.4 is 19.7 Å². The Morgan fingerprint density at radius 1 is 1.07 bits per heavy atom. The van der Waals surface area contributed by atoms with Crippen LogP contribution in [0.1, 0.15) is 12.0 Å². The molecule has 4 amide bonds. The third-order valence-corrected chi connectivity index (χ3v) is 6.51. The van der Waals surface area contributed by atoms with E-state index in [2.05, 4.69) is 4.98 Å². The summed E-state index contributed by atoms with van der Waals surface area (Å²) < 4.78 is 31.5. The van der Waals surface area contributed by atoms with Crippen LogP contribution in [-0.2, 0) is 19.6 Å². The SMILES string of the molecule is N#Cc1ccc(Oc2ccc(N3C4(CCS3(=O)=O)C(=O)NC(=O)NC4=O)cn2)cc1. The first kappa shape index (κ1) is 19.3. The summed E-state index contributed by atoms with van der Waals surface area (Å²) in [4.78, 5) is 40.5. The lowest BCUT2D eigenvalue weighted by Gasteiger charge is -2.37. The van der Waals surface area contributed by atoms with Crippen LogP contribution in [0.25, 0.3) is 0 Å². The first-order chi connectivity index (χ1) is 14.3. The van der Waals surface area contributed by atoms with Gasteiger partial charge in [0, 0.05) is 12.5 Å². The summed E-state index contributed by atoms with van der Waals surface area (Å²) in [6, 6.07) is 9.95. The van der Waals surface area contributed by atoms with E-state index >= 15 is 0 Å². The van der Waals surface area contributed by atoms with Crippen LogP contribution in [0.3, 0.4) is 0 Å². The van der Waals surface area contributed by atoms with E-state index < -0.39 is 39.2 Å². The van der Waals surface area contributed by atoms with Gasteiger partial charge in [-0.3, -0.25) is 20.2 Å². The lowest BCUT2D eigenvalue weighted by Crippen LogP contribution is -2.71. The van der Waals surface area contributed by atoms with Gasteiger partial charge in [-0.05, 0) is 30.3 Å². The maximum atomic E-state index is 12.6. The second kappa shape index (κ2) is 6.82. The van der Waals surface area contributed by atoms with Crippen molar-refractivity contribution in [2.45, 2.75) is 12.0 Å². The second-order valence-corrected chi connectivity index (χ2v) is 8.46. The van der Waals surface area contributed by atoms with E-state index in [9.17, 15) is 22.8 Å². The highest BCUT2D eigenvalue weighted by atomic mass is 32.2. The highest BCUT2D eigenvalue weighted by Gasteiger charge is 2.62. The standard InChI is InChI=1S/C18H13N5O6S/c19-9-11-1-4-13(5-2-11)29-14-6-3-12(10-20-14)23-18(7-8-30(23,27)28)15(24)21-17(26)22-16(18)25/h1-6,10H,7-8H2,(H2,21,22,24,25,26). The molecule has 2 N–H and O–H groups in total. The zero-order valence-corrected chi connectivity index (χ0v) is 16.0. The molecule has 12 heteroatoms. The number of pyridine rings is 1. The van der Waals surface area contributed by atoms with Gasteiger partial charge in [0.25, 0.3) is 11.8 Å². The zero-order chi connectivity index (χ0) is 21.5. The Bertz CT molecular complexity index is 1180. The predicted molar refractivity (Wildman–Crippen MR) is 101 cm³/mol. The molecule has 0 aliphatic carbocycles. The molecule has 11 nitrogen and oxygen atoms in total. The van der Waals surface area contributed by atoms with Crippen molar-refractivity contribution in [3.63, 3.8) is 0 Å². The minimum absolute atomic E-state index is 0.0284. The van der Waals surface area contributed by atoms with E-state index in [-0.39, 0.29) is 18.0 Å². The maximum Gasteiger partial charge on any atom is 0.328 e. The minimum Gasteiger partial charge on any atom is -0.439 e. The van der Waals surface area contributed by atoms with Crippen molar-refractivity contribution in [1.82, 2.24) is 15.6 Å². The number of nitriles is 1. The van der Waals surface area contributed by atoms with E-state index in [1.165, 1.54) is 12.1 Å². The molecule has 1 spiro atoms. The number of imide groups is 2. The van der Waals surface area contributed by atoms with Gasteiger partial charge in [0.2, 0.25) is 21.4 Å². The van der Waals surface area contributed by atoms with E-state index in [1.807, 2.05) is 16.7 Å². The fraction of sp³-hybridized carbons (Fsp3) is 0.167. The van der Waals surface area contributed by atoms with Crippen LogP contribution in [0, 0.1) is 11.3 Å². The summed E-state index contributed by atoms with van der Waals surface area (Å²) in [6.45, 7) is 0. The number of nitrogens with one attached hydrogen (secondary N) is 2.